The normalized spacial score (nSPS) is 23.1. The Morgan fingerprint density at radius 2 is 2.30 bits per heavy atom. The highest BCUT2D eigenvalue weighted by molar-refractivity contribution is 7.10. The number of ether oxygens (including phenoxy) is 1. The van der Waals surface area contributed by atoms with Gasteiger partial charge in [-0.1, -0.05) is 6.92 Å². The van der Waals surface area contributed by atoms with E-state index in [2.05, 4.69) is 33.9 Å². The highest BCUT2D eigenvalue weighted by Gasteiger charge is 2.22. The molecule has 2 N–H and O–H groups in total. The predicted octanol–water partition coefficient (Wildman–Crippen LogP) is 2.39. The van der Waals surface area contributed by atoms with Gasteiger partial charge in [-0.25, -0.2) is 4.79 Å². The van der Waals surface area contributed by atoms with Gasteiger partial charge in [0.1, 0.15) is 0 Å². The predicted molar refractivity (Wildman–Crippen MR) is 93.0 cm³/mol. The lowest BCUT2D eigenvalue weighted by atomic mass is 9.94. The number of rotatable bonds is 5. The second-order valence-electron chi connectivity index (χ2n) is 6.62. The zero-order valence-corrected chi connectivity index (χ0v) is 14.7. The Morgan fingerprint density at radius 1 is 1.48 bits per heavy atom. The number of aryl methyl sites for hydroxylation is 1. The Kier molecular flexibility index (Phi) is 5.91. The number of nitrogens with zero attached hydrogens (tertiary/aromatic N) is 1. The van der Waals surface area contributed by atoms with Crippen LogP contribution in [0.25, 0.3) is 0 Å². The molecule has 2 atom stereocenters. The van der Waals surface area contributed by atoms with Gasteiger partial charge in [-0.2, -0.15) is 0 Å². The van der Waals surface area contributed by atoms with E-state index in [0.717, 1.165) is 52.1 Å². The molecule has 2 heterocycles. The number of carbonyl (C=O) groups is 1. The molecule has 0 unspecified atom stereocenters. The first-order chi connectivity index (χ1) is 11.2. The summed E-state index contributed by atoms with van der Waals surface area (Å²) in [5.74, 6) is 0.446. The van der Waals surface area contributed by atoms with Gasteiger partial charge in [0.2, 0.25) is 0 Å². The number of amides is 2. The van der Waals surface area contributed by atoms with E-state index in [-0.39, 0.29) is 12.1 Å². The van der Waals surface area contributed by atoms with Gasteiger partial charge in [-0.15, -0.1) is 11.3 Å². The maximum absolute atomic E-state index is 12.2. The van der Waals surface area contributed by atoms with Crippen LogP contribution < -0.4 is 10.6 Å². The van der Waals surface area contributed by atoms with Crippen molar-refractivity contribution < 1.29 is 9.53 Å². The molecular weight excluding hydrogens is 310 g/mol. The van der Waals surface area contributed by atoms with Crippen LogP contribution in [0, 0.1) is 5.92 Å². The minimum Gasteiger partial charge on any atom is -0.379 e. The second kappa shape index (κ2) is 8.13. The van der Waals surface area contributed by atoms with Crippen LogP contribution in [0.3, 0.4) is 0 Å². The molecule has 1 aromatic rings. The minimum absolute atomic E-state index is 0.0390. The summed E-state index contributed by atoms with van der Waals surface area (Å²) in [6.45, 7) is 7.57. The second-order valence-corrected chi connectivity index (χ2v) is 7.62. The van der Waals surface area contributed by atoms with Crippen molar-refractivity contribution in [1.29, 1.82) is 0 Å². The molecule has 1 aromatic heterocycles. The summed E-state index contributed by atoms with van der Waals surface area (Å²) < 4.78 is 5.37. The van der Waals surface area contributed by atoms with Gasteiger partial charge in [0.05, 0.1) is 19.3 Å². The number of hydrogen-bond acceptors (Lipinski definition) is 4. The molecule has 5 nitrogen and oxygen atoms in total. The van der Waals surface area contributed by atoms with Gasteiger partial charge in [0, 0.05) is 31.1 Å². The molecule has 1 aliphatic carbocycles. The Hall–Kier alpha value is -1.11. The van der Waals surface area contributed by atoms with Gasteiger partial charge in [-0.05, 0) is 42.2 Å². The average molecular weight is 337 g/mol. The summed E-state index contributed by atoms with van der Waals surface area (Å²) in [7, 11) is 0. The monoisotopic (exact) mass is 337 g/mol. The molecule has 1 aliphatic heterocycles. The number of thiophene rings is 1. The zero-order chi connectivity index (χ0) is 16.1. The zero-order valence-electron chi connectivity index (χ0n) is 13.8. The summed E-state index contributed by atoms with van der Waals surface area (Å²) in [4.78, 5) is 16.0. The minimum atomic E-state index is -0.0390. The highest BCUT2D eigenvalue weighted by atomic mass is 32.1. The Morgan fingerprint density at radius 3 is 3.13 bits per heavy atom. The lowest BCUT2D eigenvalue weighted by Crippen LogP contribution is -2.44. The van der Waals surface area contributed by atoms with Gasteiger partial charge in [0.15, 0.2) is 0 Å². The van der Waals surface area contributed by atoms with E-state index in [1.165, 1.54) is 10.4 Å². The number of nitrogens with one attached hydrogen (secondary N) is 2. The van der Waals surface area contributed by atoms with Crippen LogP contribution in [0.15, 0.2) is 11.4 Å². The van der Waals surface area contributed by atoms with Crippen molar-refractivity contribution >= 4 is 17.4 Å². The van der Waals surface area contributed by atoms with Crippen molar-refractivity contribution in [2.45, 2.75) is 32.2 Å². The summed E-state index contributed by atoms with van der Waals surface area (Å²) in [6.07, 6.45) is 3.36. The van der Waals surface area contributed by atoms with Gasteiger partial charge in [-0.3, -0.25) is 4.90 Å². The van der Waals surface area contributed by atoms with E-state index in [1.54, 1.807) is 11.3 Å². The van der Waals surface area contributed by atoms with Crippen molar-refractivity contribution in [3.05, 3.63) is 21.9 Å². The molecule has 1 saturated heterocycles. The molecule has 0 bridgehead atoms. The standard InChI is InChI=1S/C17H27N3O2S/c1-13(12-20-6-8-22-9-7-20)11-18-17(21)19-15-3-2-4-16-14(15)5-10-23-16/h5,10,13,15H,2-4,6-9,11-12H2,1H3,(H2,18,19,21)/t13-,15-/m1/s1. The largest absolute Gasteiger partial charge is 0.379 e. The Bertz CT molecular complexity index is 514. The molecule has 0 saturated carbocycles. The third-order valence-electron chi connectivity index (χ3n) is 4.64. The number of morpholine rings is 1. The first-order valence-corrected chi connectivity index (χ1v) is 9.51. The molecule has 3 rings (SSSR count). The van der Waals surface area contributed by atoms with Crippen LogP contribution in [0.1, 0.15) is 36.2 Å². The third kappa shape index (κ3) is 4.68. The van der Waals surface area contributed by atoms with Gasteiger partial charge < -0.3 is 15.4 Å². The Balaban J connectivity index is 1.40. The van der Waals surface area contributed by atoms with Crippen LogP contribution in [-0.4, -0.2) is 50.3 Å². The fraction of sp³-hybridized carbons (Fsp3) is 0.706. The summed E-state index contributed by atoms with van der Waals surface area (Å²) in [6, 6.07) is 2.30. The topological polar surface area (TPSA) is 53.6 Å². The van der Waals surface area contributed by atoms with E-state index in [1.807, 2.05) is 0 Å². The molecule has 0 spiro atoms. The number of hydrogen-bond donors (Lipinski definition) is 2. The summed E-state index contributed by atoms with van der Waals surface area (Å²) in [5.41, 5.74) is 1.32. The van der Waals surface area contributed by atoms with E-state index < -0.39 is 0 Å². The maximum Gasteiger partial charge on any atom is 0.315 e. The maximum atomic E-state index is 12.2. The number of fused-ring (bicyclic) bond motifs is 1. The molecule has 0 radical (unpaired) electrons. The summed E-state index contributed by atoms with van der Waals surface area (Å²) >= 11 is 1.81. The molecule has 0 aromatic carbocycles. The molecular formula is C17H27N3O2S. The molecule has 2 aliphatic rings. The van der Waals surface area contributed by atoms with Crippen molar-refractivity contribution in [3.8, 4) is 0 Å². The smallest absolute Gasteiger partial charge is 0.315 e. The van der Waals surface area contributed by atoms with Crippen molar-refractivity contribution in [2.24, 2.45) is 5.92 Å². The van der Waals surface area contributed by atoms with Crippen molar-refractivity contribution in [2.75, 3.05) is 39.4 Å². The average Bonchev–Trinajstić information content (AvgIpc) is 3.04. The van der Waals surface area contributed by atoms with E-state index >= 15 is 0 Å². The summed E-state index contributed by atoms with van der Waals surface area (Å²) in [5, 5.41) is 8.31. The lowest BCUT2D eigenvalue weighted by molar-refractivity contribution is 0.0319. The molecule has 23 heavy (non-hydrogen) atoms. The Labute approximate surface area is 142 Å². The van der Waals surface area contributed by atoms with Crippen LogP contribution in [-0.2, 0) is 11.2 Å². The fourth-order valence-corrected chi connectivity index (χ4v) is 4.39. The van der Waals surface area contributed by atoms with Crippen LogP contribution >= 0.6 is 11.3 Å². The fourth-order valence-electron chi connectivity index (χ4n) is 3.40. The number of urea groups is 1. The van der Waals surface area contributed by atoms with Crippen LogP contribution in [0.2, 0.25) is 0 Å². The van der Waals surface area contributed by atoms with E-state index in [4.69, 9.17) is 4.74 Å². The third-order valence-corrected chi connectivity index (χ3v) is 5.64. The number of carbonyl (C=O) groups excluding carboxylic acids is 1. The van der Waals surface area contributed by atoms with E-state index in [9.17, 15) is 4.79 Å². The quantitative estimate of drug-likeness (QED) is 0.867. The van der Waals surface area contributed by atoms with Crippen molar-refractivity contribution in [1.82, 2.24) is 15.5 Å². The molecule has 2 amide bonds. The molecule has 128 valence electrons. The van der Waals surface area contributed by atoms with Crippen molar-refractivity contribution in [3.63, 3.8) is 0 Å². The van der Waals surface area contributed by atoms with E-state index in [0.29, 0.717) is 12.5 Å². The van der Waals surface area contributed by atoms with Gasteiger partial charge in [0.25, 0.3) is 0 Å². The highest BCUT2D eigenvalue weighted by Crippen LogP contribution is 2.33. The van der Waals surface area contributed by atoms with Crippen LogP contribution in [0.4, 0.5) is 4.79 Å². The molecule has 1 fully saturated rings. The SMILES string of the molecule is C[C@H](CNC(=O)N[C@@H]1CCCc2sccc21)CN1CCOCC1. The first-order valence-electron chi connectivity index (χ1n) is 8.63. The first kappa shape index (κ1) is 16.7. The van der Waals surface area contributed by atoms with Crippen LogP contribution in [0.5, 0.6) is 0 Å². The van der Waals surface area contributed by atoms with Gasteiger partial charge >= 0.3 is 6.03 Å². The molecule has 6 heteroatoms. The lowest BCUT2D eigenvalue weighted by Gasteiger charge is -2.29.